The number of carbonyl (C=O) groups excluding carboxylic acids is 1. The van der Waals surface area contributed by atoms with Crippen molar-refractivity contribution in [1.29, 1.82) is 5.26 Å². The van der Waals surface area contributed by atoms with Crippen LogP contribution in [0, 0.1) is 17.1 Å². The van der Waals surface area contributed by atoms with E-state index in [1.807, 2.05) is 6.92 Å². The largest absolute Gasteiger partial charge is 0.492 e. The number of aromatic nitrogens is 1. The Morgan fingerprint density at radius 2 is 1.92 bits per heavy atom. The molecule has 202 valence electrons. The fourth-order valence-electron chi connectivity index (χ4n) is 4.19. The zero-order valence-corrected chi connectivity index (χ0v) is 22.5. The number of rotatable bonds is 10. The van der Waals surface area contributed by atoms with Crippen LogP contribution in [0.15, 0.2) is 59.0 Å². The molecule has 4 rings (SSSR count). The lowest BCUT2D eigenvalue weighted by atomic mass is 10.0. The van der Waals surface area contributed by atoms with Gasteiger partial charge in [-0.3, -0.25) is 9.10 Å². The molecule has 0 saturated heterocycles. The Hall–Kier alpha value is -4.43. The lowest BCUT2D eigenvalue weighted by molar-refractivity contribution is 0.0964. The monoisotopic (exact) mass is 550 g/mol. The number of sulfonamides is 1. The van der Waals surface area contributed by atoms with Crippen molar-refractivity contribution < 1.29 is 26.8 Å². The number of aryl methyl sites for hydroxylation is 1. The lowest BCUT2D eigenvalue weighted by Gasteiger charge is -2.23. The van der Waals surface area contributed by atoms with Crippen LogP contribution in [-0.4, -0.2) is 45.8 Å². The van der Waals surface area contributed by atoms with E-state index in [1.54, 1.807) is 30.3 Å². The van der Waals surface area contributed by atoms with Gasteiger partial charge in [-0.05, 0) is 54.4 Å². The molecule has 4 aromatic rings. The Balaban J connectivity index is 1.72. The maximum absolute atomic E-state index is 13.5. The van der Waals surface area contributed by atoms with Gasteiger partial charge < -0.3 is 14.5 Å². The number of furan rings is 1. The van der Waals surface area contributed by atoms with E-state index in [2.05, 4.69) is 16.4 Å². The number of para-hydroxylation sites is 1. The lowest BCUT2D eigenvalue weighted by Crippen LogP contribution is -2.33. The number of halogens is 1. The van der Waals surface area contributed by atoms with Gasteiger partial charge in [-0.1, -0.05) is 19.1 Å². The molecule has 11 heteroatoms. The molecule has 0 radical (unpaired) electrons. The van der Waals surface area contributed by atoms with Crippen molar-refractivity contribution in [2.75, 3.05) is 30.8 Å². The Morgan fingerprint density at radius 3 is 2.56 bits per heavy atom. The normalized spacial score (nSPS) is 11.3. The smallest absolute Gasteiger partial charge is 0.255 e. The predicted molar refractivity (Wildman–Crippen MR) is 146 cm³/mol. The minimum atomic E-state index is -3.76. The van der Waals surface area contributed by atoms with Crippen LogP contribution in [0.2, 0.25) is 0 Å². The number of nitrogens with zero attached hydrogens (tertiary/aromatic N) is 3. The molecule has 0 aliphatic rings. The average Bonchev–Trinajstić information content (AvgIpc) is 3.30. The molecule has 1 N–H and O–H groups in total. The van der Waals surface area contributed by atoms with E-state index in [0.717, 1.165) is 6.26 Å². The van der Waals surface area contributed by atoms with Gasteiger partial charge >= 0.3 is 0 Å². The van der Waals surface area contributed by atoms with Gasteiger partial charge in [0.25, 0.3) is 5.91 Å². The Kier molecular flexibility index (Phi) is 8.16. The summed E-state index contributed by atoms with van der Waals surface area (Å²) >= 11 is 0. The number of ether oxygens (including phenoxy) is 1. The third-order valence-electron chi connectivity index (χ3n) is 6.09. The molecule has 0 unspecified atom stereocenters. The van der Waals surface area contributed by atoms with Crippen molar-refractivity contribution in [3.63, 3.8) is 0 Å². The molecule has 2 aromatic heterocycles. The fourth-order valence-corrected chi connectivity index (χ4v) is 5.12. The molecule has 1 amide bonds. The highest BCUT2D eigenvalue weighted by molar-refractivity contribution is 7.92. The van der Waals surface area contributed by atoms with Crippen molar-refractivity contribution in [1.82, 2.24) is 10.3 Å². The maximum atomic E-state index is 13.5. The third-order valence-corrected chi connectivity index (χ3v) is 7.24. The number of benzene rings is 2. The number of hydrogen-bond acceptors (Lipinski definition) is 7. The summed E-state index contributed by atoms with van der Waals surface area (Å²) < 4.78 is 52.1. The molecular formula is C28H27FN4O5S. The van der Waals surface area contributed by atoms with Crippen molar-refractivity contribution >= 4 is 32.8 Å². The van der Waals surface area contributed by atoms with Gasteiger partial charge in [0.1, 0.15) is 29.2 Å². The molecule has 0 saturated carbocycles. The third kappa shape index (κ3) is 5.86. The highest BCUT2D eigenvalue weighted by Gasteiger charge is 2.27. The van der Waals surface area contributed by atoms with Crippen LogP contribution in [0.5, 0.6) is 5.75 Å². The van der Waals surface area contributed by atoms with Gasteiger partial charge in [0, 0.05) is 25.6 Å². The second-order valence-electron chi connectivity index (χ2n) is 8.71. The highest BCUT2D eigenvalue weighted by Crippen LogP contribution is 2.36. The van der Waals surface area contributed by atoms with Crippen molar-refractivity contribution in [2.24, 2.45) is 0 Å². The molecular weight excluding hydrogens is 523 g/mol. The van der Waals surface area contributed by atoms with Crippen molar-refractivity contribution in [2.45, 2.75) is 19.8 Å². The molecule has 0 atom stereocenters. The zero-order valence-electron chi connectivity index (χ0n) is 21.7. The van der Waals surface area contributed by atoms with Gasteiger partial charge in [0.2, 0.25) is 15.7 Å². The average molecular weight is 551 g/mol. The van der Waals surface area contributed by atoms with Crippen LogP contribution in [0.25, 0.3) is 22.4 Å². The first kappa shape index (κ1) is 27.6. The zero-order chi connectivity index (χ0) is 28.2. The van der Waals surface area contributed by atoms with E-state index < -0.39 is 21.7 Å². The van der Waals surface area contributed by atoms with Crippen molar-refractivity contribution in [3.05, 3.63) is 77.1 Å². The minimum Gasteiger partial charge on any atom is -0.492 e. The van der Waals surface area contributed by atoms with E-state index in [1.165, 1.54) is 35.6 Å². The summed E-state index contributed by atoms with van der Waals surface area (Å²) in [5.41, 5.74) is 1.76. The van der Waals surface area contributed by atoms with Crippen LogP contribution in [0.4, 0.5) is 10.2 Å². The summed E-state index contributed by atoms with van der Waals surface area (Å²) in [6, 6.07) is 16.1. The summed E-state index contributed by atoms with van der Waals surface area (Å²) in [6.07, 6.45) is 1.84. The van der Waals surface area contributed by atoms with E-state index >= 15 is 0 Å². The standard InChI is InChI=1S/C28H27FN4O5S/c1-4-18-16-22-24(27(34)31-2)25(19-10-12-21(29)13-11-19)38-28(22)32-26(18)33(39(3,35)36)14-7-15-37-23-9-6-5-8-20(23)17-30/h5-6,8-13,16H,4,7,14-15H2,1-3H3,(H,31,34). The number of carbonyl (C=O) groups is 1. The topological polar surface area (TPSA) is 126 Å². The minimum absolute atomic E-state index is 0.0624. The Bertz CT molecular complexity index is 1660. The number of nitrogens with one attached hydrogen (secondary N) is 1. The number of anilines is 1. The summed E-state index contributed by atoms with van der Waals surface area (Å²) in [4.78, 5) is 17.4. The number of hydrogen-bond donors (Lipinski definition) is 1. The fraction of sp³-hybridized carbons (Fsp3) is 0.250. The first-order chi connectivity index (χ1) is 18.7. The highest BCUT2D eigenvalue weighted by atomic mass is 32.2. The van der Waals surface area contributed by atoms with Crippen LogP contribution < -0.4 is 14.4 Å². The number of pyridine rings is 1. The van der Waals surface area contributed by atoms with Crippen LogP contribution in [-0.2, 0) is 16.4 Å². The molecule has 9 nitrogen and oxygen atoms in total. The molecule has 0 aliphatic carbocycles. The molecule has 0 spiro atoms. The summed E-state index contributed by atoms with van der Waals surface area (Å²) in [5, 5.41) is 12.3. The Labute approximate surface area is 225 Å². The Morgan fingerprint density at radius 1 is 1.21 bits per heavy atom. The molecule has 0 fully saturated rings. The van der Waals surface area contributed by atoms with E-state index in [0.29, 0.717) is 40.7 Å². The van der Waals surface area contributed by atoms with Crippen LogP contribution >= 0.6 is 0 Å². The number of fused-ring (bicyclic) bond motifs is 1. The summed E-state index contributed by atoms with van der Waals surface area (Å²) in [6.45, 7) is 2.09. The number of nitriles is 1. The van der Waals surface area contributed by atoms with Gasteiger partial charge in [-0.25, -0.2) is 12.8 Å². The first-order valence-electron chi connectivity index (χ1n) is 12.2. The first-order valence-corrected chi connectivity index (χ1v) is 14.1. The predicted octanol–water partition coefficient (Wildman–Crippen LogP) is 4.66. The second-order valence-corrected chi connectivity index (χ2v) is 10.6. The summed E-state index contributed by atoms with van der Waals surface area (Å²) in [7, 11) is -2.27. The molecule has 2 heterocycles. The van der Waals surface area contributed by atoms with Crippen LogP contribution in [0.3, 0.4) is 0 Å². The molecule has 0 aliphatic heterocycles. The SMILES string of the molecule is CCc1cc2c(C(=O)NC)c(-c3ccc(F)cc3)oc2nc1N(CCCOc1ccccc1C#N)S(C)(=O)=O. The molecule has 39 heavy (non-hydrogen) atoms. The van der Waals surface area contributed by atoms with E-state index in [4.69, 9.17) is 9.15 Å². The quantitative estimate of drug-likeness (QED) is 0.285. The van der Waals surface area contributed by atoms with Crippen molar-refractivity contribution in [3.8, 4) is 23.1 Å². The van der Waals surface area contributed by atoms with Gasteiger partial charge in [-0.2, -0.15) is 10.2 Å². The number of amides is 1. The van der Waals surface area contributed by atoms with Gasteiger partial charge in [0.15, 0.2) is 0 Å². The van der Waals surface area contributed by atoms with Gasteiger partial charge in [-0.15, -0.1) is 0 Å². The summed E-state index contributed by atoms with van der Waals surface area (Å²) in [5.74, 6) is -0.0435. The van der Waals surface area contributed by atoms with E-state index in [-0.39, 0.29) is 36.0 Å². The molecule has 0 bridgehead atoms. The van der Waals surface area contributed by atoms with E-state index in [9.17, 15) is 22.9 Å². The van der Waals surface area contributed by atoms with Crippen LogP contribution in [0.1, 0.15) is 34.8 Å². The second kappa shape index (κ2) is 11.5. The molecule has 2 aromatic carbocycles. The van der Waals surface area contributed by atoms with Gasteiger partial charge in [0.05, 0.1) is 29.4 Å². The maximum Gasteiger partial charge on any atom is 0.255 e.